The third-order valence-corrected chi connectivity index (χ3v) is 4.23. The highest BCUT2D eigenvalue weighted by Crippen LogP contribution is 2.18. The molecule has 0 saturated carbocycles. The summed E-state index contributed by atoms with van der Waals surface area (Å²) in [5.41, 5.74) is 0. The molecule has 0 radical (unpaired) electrons. The number of carbonyl (C=O) groups is 1. The maximum absolute atomic E-state index is 11.3. The maximum atomic E-state index is 11.3. The number of rotatable bonds is 1. The number of carbonyl (C=O) groups excluding carboxylic acids is 1. The predicted molar refractivity (Wildman–Crippen MR) is 47.2 cm³/mol. The molecular formula is C7H12N2O3S. The number of hydrogen-bond acceptors (Lipinski definition) is 3. The molecular weight excluding hydrogens is 192 g/mol. The third kappa shape index (κ3) is 1.63. The van der Waals surface area contributed by atoms with E-state index in [4.69, 9.17) is 0 Å². The predicted octanol–water partition coefficient (Wildman–Crippen LogP) is -0.801. The van der Waals surface area contributed by atoms with Crippen LogP contribution in [0.3, 0.4) is 0 Å². The summed E-state index contributed by atoms with van der Waals surface area (Å²) >= 11 is 0. The first-order valence-electron chi connectivity index (χ1n) is 4.33. The van der Waals surface area contributed by atoms with Gasteiger partial charge in [-0.3, -0.25) is 0 Å². The SMILES string of the molecule is O=C1NCCCN1C1CS(=O)(=O)C1. The van der Waals surface area contributed by atoms with Gasteiger partial charge in [0.05, 0.1) is 17.5 Å². The summed E-state index contributed by atoms with van der Waals surface area (Å²) in [4.78, 5) is 12.9. The molecule has 13 heavy (non-hydrogen) atoms. The van der Waals surface area contributed by atoms with E-state index in [1.165, 1.54) is 0 Å². The fourth-order valence-electron chi connectivity index (χ4n) is 1.71. The number of urea groups is 1. The molecule has 0 spiro atoms. The lowest BCUT2D eigenvalue weighted by atomic mass is 10.2. The molecule has 2 aliphatic rings. The minimum absolute atomic E-state index is 0.0784. The summed E-state index contributed by atoms with van der Waals surface area (Å²) in [7, 11) is -2.83. The Morgan fingerprint density at radius 2 is 2.08 bits per heavy atom. The summed E-state index contributed by atoms with van der Waals surface area (Å²) in [6.07, 6.45) is 0.905. The molecule has 2 aliphatic heterocycles. The first-order chi connectivity index (χ1) is 6.08. The van der Waals surface area contributed by atoms with Crippen LogP contribution in [0.5, 0.6) is 0 Å². The second-order valence-corrected chi connectivity index (χ2v) is 5.66. The molecule has 2 saturated heterocycles. The van der Waals surface area contributed by atoms with Gasteiger partial charge in [0.2, 0.25) is 0 Å². The van der Waals surface area contributed by atoms with Crippen LogP contribution in [0.15, 0.2) is 0 Å². The van der Waals surface area contributed by atoms with Crippen molar-refractivity contribution in [3.8, 4) is 0 Å². The van der Waals surface area contributed by atoms with Gasteiger partial charge in [0.1, 0.15) is 0 Å². The van der Waals surface area contributed by atoms with E-state index in [0.717, 1.165) is 6.42 Å². The summed E-state index contributed by atoms with van der Waals surface area (Å²) < 4.78 is 21.8. The van der Waals surface area contributed by atoms with Crippen LogP contribution in [0.1, 0.15) is 6.42 Å². The van der Waals surface area contributed by atoms with Crippen LogP contribution in [0.25, 0.3) is 0 Å². The normalized spacial score (nSPS) is 28.0. The number of amides is 2. The molecule has 0 atom stereocenters. The van der Waals surface area contributed by atoms with Crippen LogP contribution in [-0.2, 0) is 9.84 Å². The van der Waals surface area contributed by atoms with Gasteiger partial charge in [-0.25, -0.2) is 13.2 Å². The van der Waals surface area contributed by atoms with E-state index >= 15 is 0 Å². The van der Waals surface area contributed by atoms with E-state index < -0.39 is 9.84 Å². The summed E-state index contributed by atoms with van der Waals surface area (Å²) in [5.74, 6) is 0.279. The van der Waals surface area contributed by atoms with Crippen molar-refractivity contribution in [2.24, 2.45) is 0 Å². The van der Waals surface area contributed by atoms with Crippen molar-refractivity contribution in [3.05, 3.63) is 0 Å². The van der Waals surface area contributed by atoms with Gasteiger partial charge >= 0.3 is 6.03 Å². The highest BCUT2D eigenvalue weighted by Gasteiger charge is 2.40. The Bertz CT molecular complexity index is 313. The molecule has 0 unspecified atom stereocenters. The molecule has 2 fully saturated rings. The van der Waals surface area contributed by atoms with E-state index in [9.17, 15) is 13.2 Å². The van der Waals surface area contributed by atoms with Crippen LogP contribution in [0.2, 0.25) is 0 Å². The van der Waals surface area contributed by atoms with Gasteiger partial charge in [0.15, 0.2) is 9.84 Å². The van der Waals surface area contributed by atoms with E-state index in [1.54, 1.807) is 4.90 Å². The number of nitrogens with one attached hydrogen (secondary N) is 1. The Morgan fingerprint density at radius 1 is 1.38 bits per heavy atom. The van der Waals surface area contributed by atoms with Crippen LogP contribution < -0.4 is 5.32 Å². The molecule has 2 amide bonds. The number of nitrogens with zero attached hydrogens (tertiary/aromatic N) is 1. The third-order valence-electron chi connectivity index (χ3n) is 2.45. The zero-order valence-corrected chi connectivity index (χ0v) is 8.01. The Kier molecular flexibility index (Phi) is 1.94. The van der Waals surface area contributed by atoms with Gasteiger partial charge in [-0.05, 0) is 6.42 Å². The van der Waals surface area contributed by atoms with Gasteiger partial charge < -0.3 is 10.2 Å². The van der Waals surface area contributed by atoms with Crippen molar-refractivity contribution in [3.63, 3.8) is 0 Å². The van der Waals surface area contributed by atoms with Gasteiger partial charge in [-0.15, -0.1) is 0 Å². The Morgan fingerprint density at radius 3 is 2.62 bits per heavy atom. The fourth-order valence-corrected chi connectivity index (χ4v) is 3.15. The van der Waals surface area contributed by atoms with Crippen LogP contribution in [0.4, 0.5) is 4.79 Å². The first-order valence-corrected chi connectivity index (χ1v) is 6.15. The topological polar surface area (TPSA) is 66.5 Å². The van der Waals surface area contributed by atoms with E-state index in [2.05, 4.69) is 5.32 Å². The zero-order chi connectivity index (χ0) is 9.47. The molecule has 0 aromatic rings. The summed E-state index contributed by atoms with van der Waals surface area (Å²) in [5, 5.41) is 2.70. The van der Waals surface area contributed by atoms with Crippen LogP contribution in [0, 0.1) is 0 Å². The zero-order valence-electron chi connectivity index (χ0n) is 7.19. The number of sulfone groups is 1. The van der Waals surface area contributed by atoms with E-state index in [1.807, 2.05) is 0 Å². The van der Waals surface area contributed by atoms with Crippen molar-refractivity contribution in [1.29, 1.82) is 0 Å². The van der Waals surface area contributed by atoms with E-state index in [0.29, 0.717) is 13.1 Å². The molecule has 1 N–H and O–H groups in total. The fraction of sp³-hybridized carbons (Fsp3) is 0.857. The van der Waals surface area contributed by atoms with Crippen molar-refractivity contribution in [1.82, 2.24) is 10.2 Å². The van der Waals surface area contributed by atoms with Gasteiger partial charge in [0, 0.05) is 13.1 Å². The molecule has 0 bridgehead atoms. The lowest BCUT2D eigenvalue weighted by Gasteiger charge is -2.39. The van der Waals surface area contributed by atoms with Crippen LogP contribution in [-0.4, -0.2) is 50.0 Å². The average molecular weight is 204 g/mol. The Balaban J connectivity index is 1.98. The maximum Gasteiger partial charge on any atom is 0.317 e. The van der Waals surface area contributed by atoms with Gasteiger partial charge in [-0.2, -0.15) is 0 Å². The Hall–Kier alpha value is -0.780. The molecule has 2 rings (SSSR count). The minimum atomic E-state index is -2.83. The lowest BCUT2D eigenvalue weighted by molar-refractivity contribution is 0.168. The van der Waals surface area contributed by atoms with E-state index in [-0.39, 0.29) is 23.6 Å². The quantitative estimate of drug-likeness (QED) is 0.608. The van der Waals surface area contributed by atoms with Crippen molar-refractivity contribution in [2.75, 3.05) is 24.6 Å². The second kappa shape index (κ2) is 2.87. The minimum Gasteiger partial charge on any atom is -0.338 e. The molecule has 74 valence electrons. The van der Waals surface area contributed by atoms with Gasteiger partial charge in [-0.1, -0.05) is 0 Å². The molecule has 0 aromatic carbocycles. The van der Waals surface area contributed by atoms with Crippen molar-refractivity contribution in [2.45, 2.75) is 12.5 Å². The highest BCUT2D eigenvalue weighted by molar-refractivity contribution is 7.92. The average Bonchev–Trinajstić information content (AvgIpc) is 2.01. The highest BCUT2D eigenvalue weighted by atomic mass is 32.2. The lowest BCUT2D eigenvalue weighted by Crippen LogP contribution is -2.60. The molecule has 0 aliphatic carbocycles. The molecule has 2 heterocycles. The summed E-state index contributed by atoms with van der Waals surface area (Å²) in [6.45, 7) is 1.39. The van der Waals surface area contributed by atoms with Crippen molar-refractivity contribution >= 4 is 15.9 Å². The standard InChI is InChI=1S/C7H12N2O3S/c10-7-8-2-1-3-9(7)6-4-13(11,12)5-6/h6H,1-5H2,(H,8,10). The smallest absolute Gasteiger partial charge is 0.317 e. The van der Waals surface area contributed by atoms with Crippen molar-refractivity contribution < 1.29 is 13.2 Å². The first kappa shape index (κ1) is 8.80. The summed E-state index contributed by atoms with van der Waals surface area (Å²) in [6, 6.07) is -0.198. The Labute approximate surface area is 77.0 Å². The van der Waals surface area contributed by atoms with Crippen LogP contribution >= 0.6 is 0 Å². The largest absolute Gasteiger partial charge is 0.338 e. The second-order valence-electron chi connectivity index (χ2n) is 3.51. The number of hydrogen-bond donors (Lipinski definition) is 1. The monoisotopic (exact) mass is 204 g/mol. The van der Waals surface area contributed by atoms with Gasteiger partial charge in [0.25, 0.3) is 0 Å². The molecule has 6 heteroatoms. The molecule has 5 nitrogen and oxygen atoms in total. The molecule has 0 aromatic heterocycles.